The lowest BCUT2D eigenvalue weighted by Crippen LogP contribution is -2.20. The van der Waals surface area contributed by atoms with Crippen LogP contribution in [0, 0.1) is 11.8 Å². The van der Waals surface area contributed by atoms with E-state index in [1.54, 1.807) is 0 Å². The highest BCUT2D eigenvalue weighted by molar-refractivity contribution is 5.69. The fourth-order valence-corrected chi connectivity index (χ4v) is 2.61. The molecule has 0 aliphatic rings. The fraction of sp³-hybridized carbons (Fsp3) is 0.905. The zero-order valence-electron chi connectivity index (χ0n) is 17.1. The molecule has 0 saturated heterocycles. The largest absolute Gasteiger partial charge is 0.466 e. The zero-order chi connectivity index (χ0) is 19.1. The molecule has 0 spiro atoms. The molecule has 0 N–H and O–H groups in total. The average Bonchev–Trinajstić information content (AvgIpc) is 2.54. The highest BCUT2D eigenvalue weighted by atomic mass is 16.6. The number of carbonyl (C=O) groups excluding carboxylic acids is 2. The van der Waals surface area contributed by atoms with Gasteiger partial charge in [0.1, 0.15) is 6.10 Å². The van der Waals surface area contributed by atoms with Crippen LogP contribution in [0.25, 0.3) is 0 Å². The highest BCUT2D eigenvalue weighted by Crippen LogP contribution is 2.12. The predicted molar refractivity (Wildman–Crippen MR) is 102 cm³/mol. The quantitative estimate of drug-likeness (QED) is 0.280. The molecule has 0 aromatic heterocycles. The molecule has 0 aliphatic heterocycles. The van der Waals surface area contributed by atoms with Crippen LogP contribution < -0.4 is 0 Å². The SMILES string of the molecule is CCC(CCOC(=O)CCCCC(C)C)OC(=O)CCCCC(C)C. The van der Waals surface area contributed by atoms with E-state index in [1.807, 2.05) is 6.92 Å². The Bertz CT molecular complexity index is 350. The normalized spacial score (nSPS) is 12.4. The van der Waals surface area contributed by atoms with Gasteiger partial charge in [0.15, 0.2) is 0 Å². The summed E-state index contributed by atoms with van der Waals surface area (Å²) >= 11 is 0. The van der Waals surface area contributed by atoms with Crippen molar-refractivity contribution in [2.75, 3.05) is 6.61 Å². The maximum atomic E-state index is 11.9. The first-order valence-corrected chi connectivity index (χ1v) is 10.2. The molecule has 0 saturated carbocycles. The average molecular weight is 357 g/mol. The van der Waals surface area contributed by atoms with Crippen LogP contribution in [0.15, 0.2) is 0 Å². The van der Waals surface area contributed by atoms with Gasteiger partial charge < -0.3 is 9.47 Å². The molecule has 0 aliphatic carbocycles. The van der Waals surface area contributed by atoms with Gasteiger partial charge >= 0.3 is 11.9 Å². The summed E-state index contributed by atoms with van der Waals surface area (Å²) in [5.41, 5.74) is 0. The Morgan fingerprint density at radius 3 is 1.76 bits per heavy atom. The Hall–Kier alpha value is -1.06. The van der Waals surface area contributed by atoms with Crippen LogP contribution in [0.4, 0.5) is 0 Å². The Morgan fingerprint density at radius 1 is 0.760 bits per heavy atom. The minimum atomic E-state index is -0.147. The van der Waals surface area contributed by atoms with Crippen LogP contribution in [0.5, 0.6) is 0 Å². The summed E-state index contributed by atoms with van der Waals surface area (Å²) in [6, 6.07) is 0. The van der Waals surface area contributed by atoms with Crippen LogP contribution in [0.3, 0.4) is 0 Å². The van der Waals surface area contributed by atoms with E-state index in [0.29, 0.717) is 37.7 Å². The lowest BCUT2D eigenvalue weighted by atomic mass is 10.1. The zero-order valence-corrected chi connectivity index (χ0v) is 17.1. The van der Waals surface area contributed by atoms with Gasteiger partial charge in [-0.15, -0.1) is 0 Å². The van der Waals surface area contributed by atoms with Crippen molar-refractivity contribution in [1.82, 2.24) is 0 Å². The maximum absolute atomic E-state index is 11.9. The van der Waals surface area contributed by atoms with Crippen molar-refractivity contribution in [2.24, 2.45) is 11.8 Å². The molecule has 1 unspecified atom stereocenters. The minimum Gasteiger partial charge on any atom is -0.466 e. The second kappa shape index (κ2) is 15.2. The molecule has 0 rings (SSSR count). The van der Waals surface area contributed by atoms with Crippen LogP contribution in [-0.4, -0.2) is 24.6 Å². The minimum absolute atomic E-state index is 0.129. The van der Waals surface area contributed by atoms with Crippen molar-refractivity contribution in [2.45, 2.75) is 105 Å². The van der Waals surface area contributed by atoms with E-state index >= 15 is 0 Å². The molecule has 0 aromatic carbocycles. The Balaban J connectivity index is 3.75. The highest BCUT2D eigenvalue weighted by Gasteiger charge is 2.13. The maximum Gasteiger partial charge on any atom is 0.306 e. The number of rotatable bonds is 15. The third kappa shape index (κ3) is 16.2. The molecular weight excluding hydrogens is 316 g/mol. The lowest BCUT2D eigenvalue weighted by Gasteiger charge is -2.16. The molecule has 0 bridgehead atoms. The van der Waals surface area contributed by atoms with Gasteiger partial charge in [0.25, 0.3) is 0 Å². The van der Waals surface area contributed by atoms with E-state index in [9.17, 15) is 9.59 Å². The standard InChI is InChI=1S/C21H40O4/c1-6-19(25-21(23)14-10-8-12-18(4)5)15-16-24-20(22)13-9-7-11-17(2)3/h17-19H,6-16H2,1-5H3. The molecular formula is C21H40O4. The summed E-state index contributed by atoms with van der Waals surface area (Å²) in [6.07, 6.45) is 8.38. The number of hydrogen-bond acceptors (Lipinski definition) is 4. The van der Waals surface area contributed by atoms with Gasteiger partial charge in [0.05, 0.1) is 6.61 Å². The third-order valence-electron chi connectivity index (χ3n) is 4.28. The molecule has 4 heteroatoms. The van der Waals surface area contributed by atoms with Gasteiger partial charge in [-0.2, -0.15) is 0 Å². The third-order valence-corrected chi connectivity index (χ3v) is 4.28. The first kappa shape index (κ1) is 23.9. The number of ether oxygens (including phenoxy) is 2. The van der Waals surface area contributed by atoms with E-state index in [1.165, 1.54) is 0 Å². The number of unbranched alkanes of at least 4 members (excludes halogenated alkanes) is 2. The van der Waals surface area contributed by atoms with Gasteiger partial charge in [0.2, 0.25) is 0 Å². The van der Waals surface area contributed by atoms with E-state index in [2.05, 4.69) is 27.7 Å². The van der Waals surface area contributed by atoms with Crippen molar-refractivity contribution in [1.29, 1.82) is 0 Å². The van der Waals surface area contributed by atoms with Crippen molar-refractivity contribution in [3.8, 4) is 0 Å². The van der Waals surface area contributed by atoms with Crippen molar-refractivity contribution in [3.63, 3.8) is 0 Å². The van der Waals surface area contributed by atoms with Crippen molar-refractivity contribution >= 4 is 11.9 Å². The second-order valence-corrected chi connectivity index (χ2v) is 7.81. The Labute approximate surface area is 155 Å². The predicted octanol–water partition coefficient (Wildman–Crippen LogP) is 5.67. The molecule has 148 valence electrons. The molecule has 0 heterocycles. The summed E-state index contributed by atoms with van der Waals surface area (Å²) in [7, 11) is 0. The first-order chi connectivity index (χ1) is 11.8. The topological polar surface area (TPSA) is 52.6 Å². The van der Waals surface area contributed by atoms with Crippen LogP contribution >= 0.6 is 0 Å². The summed E-state index contributed by atoms with van der Waals surface area (Å²) in [5.74, 6) is 1.09. The van der Waals surface area contributed by atoms with Crippen LogP contribution in [-0.2, 0) is 19.1 Å². The molecule has 25 heavy (non-hydrogen) atoms. The fourth-order valence-electron chi connectivity index (χ4n) is 2.61. The van der Waals surface area contributed by atoms with Gasteiger partial charge in [0, 0.05) is 19.3 Å². The molecule has 1 atom stereocenters. The molecule has 0 radical (unpaired) electrons. The summed E-state index contributed by atoms with van der Waals surface area (Å²) < 4.78 is 10.7. The van der Waals surface area contributed by atoms with Gasteiger partial charge in [-0.1, -0.05) is 60.3 Å². The molecule has 0 fully saturated rings. The van der Waals surface area contributed by atoms with Gasteiger partial charge in [-0.25, -0.2) is 0 Å². The van der Waals surface area contributed by atoms with Crippen molar-refractivity contribution in [3.05, 3.63) is 0 Å². The molecule has 0 aromatic rings. The van der Waals surface area contributed by atoms with E-state index in [-0.39, 0.29) is 18.0 Å². The summed E-state index contributed by atoms with van der Waals surface area (Å²) in [5, 5.41) is 0. The molecule has 4 nitrogen and oxygen atoms in total. The first-order valence-electron chi connectivity index (χ1n) is 10.2. The summed E-state index contributed by atoms with van der Waals surface area (Å²) in [4.78, 5) is 23.5. The second-order valence-electron chi connectivity index (χ2n) is 7.81. The van der Waals surface area contributed by atoms with E-state index in [0.717, 1.165) is 44.9 Å². The van der Waals surface area contributed by atoms with Crippen LogP contribution in [0.1, 0.15) is 98.8 Å². The van der Waals surface area contributed by atoms with Gasteiger partial charge in [-0.05, 0) is 31.1 Å². The number of hydrogen-bond donors (Lipinski definition) is 0. The summed E-state index contributed by atoms with van der Waals surface area (Å²) in [6.45, 7) is 11.1. The number of esters is 2. The Morgan fingerprint density at radius 2 is 1.28 bits per heavy atom. The number of carbonyl (C=O) groups is 2. The van der Waals surface area contributed by atoms with E-state index in [4.69, 9.17) is 9.47 Å². The Kier molecular flexibility index (Phi) is 14.6. The smallest absolute Gasteiger partial charge is 0.306 e. The van der Waals surface area contributed by atoms with E-state index < -0.39 is 0 Å². The van der Waals surface area contributed by atoms with Gasteiger partial charge in [-0.3, -0.25) is 9.59 Å². The van der Waals surface area contributed by atoms with Crippen LogP contribution in [0.2, 0.25) is 0 Å². The van der Waals surface area contributed by atoms with Crippen molar-refractivity contribution < 1.29 is 19.1 Å². The molecule has 0 amide bonds. The lowest BCUT2D eigenvalue weighted by molar-refractivity contribution is -0.151. The monoisotopic (exact) mass is 356 g/mol.